The molecule has 3 heteroatoms. The molecule has 3 N–H and O–H groups in total. The SMILES string of the molecule is CCC(NC(=O)C(N)CC(C)C)c1ccccc1. The molecule has 0 aromatic heterocycles. The summed E-state index contributed by atoms with van der Waals surface area (Å²) in [4.78, 5) is 12.0. The van der Waals surface area contributed by atoms with Crippen LogP contribution < -0.4 is 11.1 Å². The molecule has 1 amide bonds. The Morgan fingerprint density at radius 1 is 1.28 bits per heavy atom. The highest BCUT2D eigenvalue weighted by molar-refractivity contribution is 5.81. The fraction of sp³-hybridized carbons (Fsp3) is 0.533. The van der Waals surface area contributed by atoms with Gasteiger partial charge in [0.2, 0.25) is 5.91 Å². The maximum atomic E-state index is 12.0. The van der Waals surface area contributed by atoms with Gasteiger partial charge < -0.3 is 11.1 Å². The zero-order valence-corrected chi connectivity index (χ0v) is 11.5. The summed E-state index contributed by atoms with van der Waals surface area (Å²) in [6.45, 7) is 6.20. The summed E-state index contributed by atoms with van der Waals surface area (Å²) in [5, 5.41) is 3.02. The van der Waals surface area contributed by atoms with Crippen LogP contribution in [0.2, 0.25) is 0 Å². The summed E-state index contributed by atoms with van der Waals surface area (Å²) in [5.41, 5.74) is 7.02. The lowest BCUT2D eigenvalue weighted by Crippen LogP contribution is -2.42. The van der Waals surface area contributed by atoms with Gasteiger partial charge in [0, 0.05) is 0 Å². The molecule has 0 aliphatic carbocycles. The fourth-order valence-corrected chi connectivity index (χ4v) is 2.00. The second-order valence-corrected chi connectivity index (χ2v) is 5.12. The number of amides is 1. The van der Waals surface area contributed by atoms with Crippen LogP contribution in [-0.2, 0) is 4.79 Å². The molecule has 2 unspecified atom stereocenters. The Hall–Kier alpha value is -1.35. The van der Waals surface area contributed by atoms with E-state index in [4.69, 9.17) is 5.73 Å². The standard InChI is InChI=1S/C15H24N2O/c1-4-14(12-8-6-5-7-9-12)17-15(18)13(16)10-11(2)3/h5-9,11,13-14H,4,10,16H2,1-3H3,(H,17,18). The Morgan fingerprint density at radius 3 is 2.39 bits per heavy atom. The molecular formula is C15H24N2O. The van der Waals surface area contributed by atoms with Crippen LogP contribution in [-0.4, -0.2) is 11.9 Å². The highest BCUT2D eigenvalue weighted by Crippen LogP contribution is 2.16. The van der Waals surface area contributed by atoms with Crippen molar-refractivity contribution in [2.75, 3.05) is 0 Å². The number of carbonyl (C=O) groups excluding carboxylic acids is 1. The number of nitrogens with one attached hydrogen (secondary N) is 1. The first-order chi connectivity index (χ1) is 8.54. The maximum Gasteiger partial charge on any atom is 0.237 e. The predicted octanol–water partition coefficient (Wildman–Crippen LogP) is 2.63. The van der Waals surface area contributed by atoms with Gasteiger partial charge in [-0.25, -0.2) is 0 Å². The fourth-order valence-electron chi connectivity index (χ4n) is 2.00. The molecule has 0 bridgehead atoms. The maximum absolute atomic E-state index is 12.0. The van der Waals surface area contributed by atoms with Crippen molar-refractivity contribution in [1.82, 2.24) is 5.32 Å². The van der Waals surface area contributed by atoms with Crippen molar-refractivity contribution in [3.8, 4) is 0 Å². The molecule has 0 heterocycles. The van der Waals surface area contributed by atoms with E-state index in [9.17, 15) is 4.79 Å². The Morgan fingerprint density at radius 2 is 1.89 bits per heavy atom. The van der Waals surface area contributed by atoms with E-state index in [0.29, 0.717) is 5.92 Å². The van der Waals surface area contributed by atoms with Gasteiger partial charge in [0.1, 0.15) is 0 Å². The van der Waals surface area contributed by atoms with E-state index >= 15 is 0 Å². The number of carbonyl (C=O) groups is 1. The average molecular weight is 248 g/mol. The van der Waals surface area contributed by atoms with Crippen molar-refractivity contribution in [3.05, 3.63) is 35.9 Å². The monoisotopic (exact) mass is 248 g/mol. The molecule has 0 aliphatic heterocycles. The summed E-state index contributed by atoms with van der Waals surface area (Å²) < 4.78 is 0. The topological polar surface area (TPSA) is 55.1 Å². The number of hydrogen-bond donors (Lipinski definition) is 2. The van der Waals surface area contributed by atoms with E-state index in [-0.39, 0.29) is 11.9 Å². The molecule has 18 heavy (non-hydrogen) atoms. The van der Waals surface area contributed by atoms with Crippen LogP contribution >= 0.6 is 0 Å². The number of hydrogen-bond acceptors (Lipinski definition) is 2. The van der Waals surface area contributed by atoms with E-state index in [1.54, 1.807) is 0 Å². The predicted molar refractivity (Wildman–Crippen MR) is 75.0 cm³/mol. The summed E-state index contributed by atoms with van der Waals surface area (Å²) in [6, 6.07) is 9.64. The summed E-state index contributed by atoms with van der Waals surface area (Å²) in [5.74, 6) is 0.377. The van der Waals surface area contributed by atoms with Gasteiger partial charge in [0.25, 0.3) is 0 Å². The van der Waals surface area contributed by atoms with E-state index in [1.165, 1.54) is 0 Å². The third-order valence-corrected chi connectivity index (χ3v) is 2.99. The molecule has 1 rings (SSSR count). The highest BCUT2D eigenvalue weighted by atomic mass is 16.2. The second-order valence-electron chi connectivity index (χ2n) is 5.12. The van der Waals surface area contributed by atoms with Crippen molar-refractivity contribution in [2.24, 2.45) is 11.7 Å². The Kier molecular flexibility index (Phi) is 5.86. The smallest absolute Gasteiger partial charge is 0.237 e. The van der Waals surface area contributed by atoms with Gasteiger partial charge in [-0.1, -0.05) is 51.1 Å². The minimum absolute atomic E-state index is 0.0527. The molecule has 3 nitrogen and oxygen atoms in total. The lowest BCUT2D eigenvalue weighted by atomic mass is 10.0. The zero-order chi connectivity index (χ0) is 13.5. The first kappa shape index (κ1) is 14.7. The van der Waals surface area contributed by atoms with E-state index < -0.39 is 6.04 Å². The van der Waals surface area contributed by atoms with Crippen LogP contribution in [0.25, 0.3) is 0 Å². The molecule has 0 saturated heterocycles. The lowest BCUT2D eigenvalue weighted by Gasteiger charge is -2.21. The van der Waals surface area contributed by atoms with Crippen LogP contribution in [0.15, 0.2) is 30.3 Å². The molecule has 0 spiro atoms. The van der Waals surface area contributed by atoms with E-state index in [0.717, 1.165) is 18.4 Å². The summed E-state index contributed by atoms with van der Waals surface area (Å²) in [7, 11) is 0. The number of nitrogens with two attached hydrogens (primary N) is 1. The van der Waals surface area contributed by atoms with Gasteiger partial charge in [-0.15, -0.1) is 0 Å². The number of benzene rings is 1. The van der Waals surface area contributed by atoms with Crippen molar-refractivity contribution in [2.45, 2.75) is 45.7 Å². The molecule has 1 aromatic rings. The first-order valence-electron chi connectivity index (χ1n) is 6.65. The second kappa shape index (κ2) is 7.17. The van der Waals surface area contributed by atoms with Crippen LogP contribution in [0, 0.1) is 5.92 Å². The normalized spacial score (nSPS) is 14.3. The minimum Gasteiger partial charge on any atom is -0.348 e. The zero-order valence-electron chi connectivity index (χ0n) is 11.5. The van der Waals surface area contributed by atoms with Crippen LogP contribution in [0.1, 0.15) is 45.2 Å². The molecular weight excluding hydrogens is 224 g/mol. The van der Waals surface area contributed by atoms with E-state index in [1.807, 2.05) is 30.3 Å². The minimum atomic E-state index is -0.414. The molecule has 0 saturated carbocycles. The Balaban J connectivity index is 2.61. The van der Waals surface area contributed by atoms with Crippen molar-refractivity contribution in [3.63, 3.8) is 0 Å². The molecule has 2 atom stereocenters. The van der Waals surface area contributed by atoms with Crippen LogP contribution in [0.4, 0.5) is 0 Å². The third kappa shape index (κ3) is 4.49. The van der Waals surface area contributed by atoms with Crippen LogP contribution in [0.5, 0.6) is 0 Å². The van der Waals surface area contributed by atoms with Crippen molar-refractivity contribution < 1.29 is 4.79 Å². The van der Waals surface area contributed by atoms with Gasteiger partial charge >= 0.3 is 0 Å². The number of rotatable bonds is 6. The largest absolute Gasteiger partial charge is 0.348 e. The molecule has 0 fully saturated rings. The van der Waals surface area contributed by atoms with Gasteiger partial charge in [0.15, 0.2) is 0 Å². The van der Waals surface area contributed by atoms with Crippen LogP contribution in [0.3, 0.4) is 0 Å². The van der Waals surface area contributed by atoms with Gasteiger partial charge in [-0.2, -0.15) is 0 Å². The van der Waals surface area contributed by atoms with Crippen molar-refractivity contribution >= 4 is 5.91 Å². The Bertz CT molecular complexity index is 362. The molecule has 0 radical (unpaired) electrons. The average Bonchev–Trinajstić information content (AvgIpc) is 2.35. The summed E-state index contributed by atoms with van der Waals surface area (Å²) in [6.07, 6.45) is 1.58. The quantitative estimate of drug-likeness (QED) is 0.813. The summed E-state index contributed by atoms with van der Waals surface area (Å²) >= 11 is 0. The molecule has 1 aromatic carbocycles. The lowest BCUT2D eigenvalue weighted by molar-refractivity contribution is -0.123. The van der Waals surface area contributed by atoms with Gasteiger partial charge in [-0.3, -0.25) is 4.79 Å². The van der Waals surface area contributed by atoms with E-state index in [2.05, 4.69) is 26.1 Å². The third-order valence-electron chi connectivity index (χ3n) is 2.99. The van der Waals surface area contributed by atoms with Gasteiger partial charge in [0.05, 0.1) is 12.1 Å². The highest BCUT2D eigenvalue weighted by Gasteiger charge is 2.18. The Labute approximate surface area is 110 Å². The molecule has 0 aliphatic rings. The molecule has 100 valence electrons. The van der Waals surface area contributed by atoms with Gasteiger partial charge in [-0.05, 0) is 24.3 Å². The van der Waals surface area contributed by atoms with Crippen molar-refractivity contribution in [1.29, 1.82) is 0 Å². The first-order valence-corrected chi connectivity index (χ1v) is 6.65.